The molecule has 0 aromatic heterocycles. The number of carbonyl (C=O) groups excluding carboxylic acids is 1. The van der Waals surface area contributed by atoms with E-state index >= 15 is 0 Å². The third kappa shape index (κ3) is 2.00. The second-order valence-electron chi connectivity index (χ2n) is 2.65. The molecule has 0 heterocycles. The summed E-state index contributed by atoms with van der Waals surface area (Å²) in [4.78, 5) is 11.3. The highest BCUT2D eigenvalue weighted by molar-refractivity contribution is 9.10. The first kappa shape index (κ1) is 10.5. The summed E-state index contributed by atoms with van der Waals surface area (Å²) in [5.41, 5.74) is 0. The Kier molecular flexibility index (Phi) is 3.27. The number of hydrogen-bond donors (Lipinski definition) is 0. The molecule has 0 N–H and O–H groups in total. The van der Waals surface area contributed by atoms with Gasteiger partial charge in [-0.1, -0.05) is 18.2 Å². The minimum atomic E-state index is -0.769. The molecule has 0 spiro atoms. The van der Waals surface area contributed by atoms with Crippen LogP contribution < -0.4 is 0 Å². The van der Waals surface area contributed by atoms with Gasteiger partial charge in [-0.25, -0.2) is 0 Å². The van der Waals surface area contributed by atoms with Crippen LogP contribution in [-0.4, -0.2) is 24.7 Å². The Labute approximate surface area is 85.5 Å². The summed E-state index contributed by atoms with van der Waals surface area (Å²) < 4.78 is 9.08. The summed E-state index contributed by atoms with van der Waals surface area (Å²) in [6.45, 7) is 0. The van der Waals surface area contributed by atoms with Gasteiger partial charge in [0.2, 0.25) is 0 Å². The monoisotopic (exact) mass is 246 g/mol. The lowest BCUT2D eigenvalue weighted by Crippen LogP contribution is -2.37. The van der Waals surface area contributed by atoms with E-state index in [-0.39, 0.29) is 5.97 Å². The van der Waals surface area contributed by atoms with Gasteiger partial charge in [-0.15, -0.1) is 0 Å². The molecule has 0 saturated heterocycles. The van der Waals surface area contributed by atoms with Gasteiger partial charge in [-0.3, -0.25) is 4.79 Å². The molecule has 0 aromatic rings. The number of ether oxygens (including phenoxy) is 2. The Bertz CT molecular complexity index is 260. The zero-order valence-corrected chi connectivity index (χ0v) is 9.08. The number of rotatable bonds is 2. The van der Waals surface area contributed by atoms with Crippen LogP contribution in [0.5, 0.6) is 0 Å². The number of hydrogen-bond acceptors (Lipinski definition) is 3. The molecule has 0 bridgehead atoms. The summed E-state index contributed by atoms with van der Waals surface area (Å²) in [5, 5.41) is 0. The third-order valence-electron chi connectivity index (χ3n) is 1.93. The molecule has 72 valence electrons. The Hall–Kier alpha value is -0.610. The third-order valence-corrected chi connectivity index (χ3v) is 3.01. The number of alkyl halides is 1. The number of methoxy groups -OCH3 is 2. The Balaban J connectivity index is 2.88. The zero-order valence-electron chi connectivity index (χ0n) is 7.49. The predicted molar refractivity (Wildman–Crippen MR) is 52.5 cm³/mol. The predicted octanol–water partition coefficient (Wildman–Crippen LogP) is 1.64. The smallest absolute Gasteiger partial charge is 0.316 e. The largest absolute Gasteiger partial charge is 0.468 e. The minimum Gasteiger partial charge on any atom is -0.468 e. The van der Waals surface area contributed by atoms with Crippen molar-refractivity contribution >= 4 is 21.9 Å². The van der Waals surface area contributed by atoms with Crippen molar-refractivity contribution < 1.29 is 14.3 Å². The molecule has 2 atom stereocenters. The molecule has 4 heteroatoms. The van der Waals surface area contributed by atoms with E-state index in [9.17, 15) is 4.79 Å². The molecular formula is C9H11BrO3. The average molecular weight is 247 g/mol. The van der Waals surface area contributed by atoms with Crippen LogP contribution in [0.4, 0.5) is 0 Å². The first-order valence-corrected chi connectivity index (χ1v) is 4.61. The summed E-state index contributed by atoms with van der Waals surface area (Å²) >= 11 is 3.34. The van der Waals surface area contributed by atoms with Crippen molar-refractivity contribution in [3.05, 3.63) is 24.3 Å². The Morgan fingerprint density at radius 3 is 2.69 bits per heavy atom. The fourth-order valence-electron chi connectivity index (χ4n) is 1.16. The fraction of sp³-hybridized carbons (Fsp3) is 0.444. The lowest BCUT2D eigenvalue weighted by molar-refractivity contribution is -0.147. The van der Waals surface area contributed by atoms with Crippen molar-refractivity contribution in [1.29, 1.82) is 0 Å². The van der Waals surface area contributed by atoms with Crippen molar-refractivity contribution in [1.82, 2.24) is 0 Å². The van der Waals surface area contributed by atoms with E-state index in [0.29, 0.717) is 0 Å². The summed E-state index contributed by atoms with van der Waals surface area (Å²) in [5.74, 6) is -0.758. The highest BCUT2D eigenvalue weighted by Gasteiger charge is 2.39. The molecule has 1 aliphatic rings. The van der Waals surface area contributed by atoms with Crippen LogP contribution in [0.2, 0.25) is 0 Å². The standard InChI is InChI=1S/C9H11BrO3/c1-12-8(11)7-5-3-4-6-9(7,10)13-2/h3-7H,1-2H3. The summed E-state index contributed by atoms with van der Waals surface area (Å²) in [6, 6.07) is 0. The van der Waals surface area contributed by atoms with Gasteiger partial charge < -0.3 is 9.47 Å². The van der Waals surface area contributed by atoms with Gasteiger partial charge in [0.25, 0.3) is 0 Å². The maximum atomic E-state index is 11.3. The Morgan fingerprint density at radius 1 is 1.46 bits per heavy atom. The van der Waals surface area contributed by atoms with Crippen molar-refractivity contribution in [3.63, 3.8) is 0 Å². The average Bonchev–Trinajstić information content (AvgIpc) is 2.17. The topological polar surface area (TPSA) is 35.5 Å². The van der Waals surface area contributed by atoms with E-state index in [1.54, 1.807) is 18.2 Å². The molecule has 13 heavy (non-hydrogen) atoms. The van der Waals surface area contributed by atoms with E-state index in [4.69, 9.17) is 4.74 Å². The van der Waals surface area contributed by atoms with E-state index in [2.05, 4.69) is 20.7 Å². The normalized spacial score (nSPS) is 31.8. The molecule has 1 aliphatic carbocycles. The molecular weight excluding hydrogens is 236 g/mol. The fourth-order valence-corrected chi connectivity index (χ4v) is 1.65. The van der Waals surface area contributed by atoms with E-state index in [0.717, 1.165) is 0 Å². The lowest BCUT2D eigenvalue weighted by Gasteiger charge is -2.29. The van der Waals surface area contributed by atoms with E-state index in [1.807, 2.05) is 6.08 Å². The van der Waals surface area contributed by atoms with Crippen LogP contribution in [0.25, 0.3) is 0 Å². The van der Waals surface area contributed by atoms with Crippen molar-refractivity contribution in [2.75, 3.05) is 14.2 Å². The van der Waals surface area contributed by atoms with Gasteiger partial charge in [0.05, 0.1) is 7.11 Å². The first-order valence-electron chi connectivity index (χ1n) is 3.82. The van der Waals surface area contributed by atoms with Gasteiger partial charge in [0, 0.05) is 7.11 Å². The summed E-state index contributed by atoms with van der Waals surface area (Å²) in [6.07, 6.45) is 7.12. The van der Waals surface area contributed by atoms with Crippen molar-refractivity contribution in [3.8, 4) is 0 Å². The van der Waals surface area contributed by atoms with Gasteiger partial charge in [-0.2, -0.15) is 0 Å². The molecule has 0 saturated carbocycles. The van der Waals surface area contributed by atoms with Crippen LogP contribution in [0.1, 0.15) is 0 Å². The highest BCUT2D eigenvalue weighted by Crippen LogP contribution is 2.34. The van der Waals surface area contributed by atoms with E-state index < -0.39 is 10.4 Å². The molecule has 2 unspecified atom stereocenters. The SMILES string of the molecule is COC(=O)C1C=CC=CC1(Br)OC. The minimum absolute atomic E-state index is 0.320. The van der Waals surface area contributed by atoms with E-state index in [1.165, 1.54) is 14.2 Å². The second kappa shape index (κ2) is 4.07. The Morgan fingerprint density at radius 2 is 2.15 bits per heavy atom. The number of allylic oxidation sites excluding steroid dienone is 2. The first-order chi connectivity index (χ1) is 6.14. The lowest BCUT2D eigenvalue weighted by atomic mass is 9.97. The molecule has 0 amide bonds. The maximum absolute atomic E-state index is 11.3. The zero-order chi connectivity index (χ0) is 9.90. The van der Waals surface area contributed by atoms with Gasteiger partial charge >= 0.3 is 5.97 Å². The molecule has 1 rings (SSSR count). The van der Waals surface area contributed by atoms with Crippen molar-refractivity contribution in [2.45, 2.75) is 4.51 Å². The molecule has 0 radical (unpaired) electrons. The van der Waals surface area contributed by atoms with Crippen molar-refractivity contribution in [2.24, 2.45) is 5.92 Å². The van der Waals surface area contributed by atoms with Crippen LogP contribution in [0, 0.1) is 5.92 Å². The molecule has 0 aromatic carbocycles. The van der Waals surface area contributed by atoms with Gasteiger partial charge in [0.15, 0.2) is 4.51 Å². The number of carbonyl (C=O) groups is 1. The number of esters is 1. The number of halogens is 1. The van der Waals surface area contributed by atoms with Crippen LogP contribution in [0.15, 0.2) is 24.3 Å². The molecule has 0 fully saturated rings. The maximum Gasteiger partial charge on any atom is 0.316 e. The molecule has 3 nitrogen and oxygen atoms in total. The van der Waals surface area contributed by atoms with Crippen LogP contribution >= 0.6 is 15.9 Å². The van der Waals surface area contributed by atoms with Gasteiger partial charge in [0.1, 0.15) is 5.92 Å². The quantitative estimate of drug-likeness (QED) is 0.549. The van der Waals surface area contributed by atoms with Crippen LogP contribution in [-0.2, 0) is 14.3 Å². The summed E-state index contributed by atoms with van der Waals surface area (Å²) in [7, 11) is 2.89. The second-order valence-corrected chi connectivity index (χ2v) is 3.89. The molecule has 0 aliphatic heterocycles. The van der Waals surface area contributed by atoms with Crippen LogP contribution in [0.3, 0.4) is 0 Å². The highest BCUT2D eigenvalue weighted by atomic mass is 79.9. The van der Waals surface area contributed by atoms with Gasteiger partial charge in [-0.05, 0) is 22.0 Å².